The first-order valence-corrected chi connectivity index (χ1v) is 21.0. The van der Waals surface area contributed by atoms with Gasteiger partial charge in [0.2, 0.25) is 0 Å². The number of nitrogens with one attached hydrogen (secondary N) is 1. The minimum Gasteiger partial charge on any atom is -0.415 e. The molecular formula is C30H65NO2Si2. The van der Waals surface area contributed by atoms with Gasteiger partial charge in [-0.25, -0.2) is 0 Å². The normalized spacial score (nSPS) is 22.2. The van der Waals surface area contributed by atoms with Gasteiger partial charge < -0.3 is 14.2 Å². The SMILES string of the molecule is CCCCCCCCCCCCC[C@H]1C[C@@H](O[Si](C)(C)C(C)(C)C)[C@H](CO[Si](C)(C)C(C)(C)C)N1. The fourth-order valence-corrected chi connectivity index (χ4v) is 6.93. The number of hydrogen-bond donors (Lipinski definition) is 1. The van der Waals surface area contributed by atoms with Gasteiger partial charge in [0.1, 0.15) is 0 Å². The molecule has 3 atom stereocenters. The van der Waals surface area contributed by atoms with E-state index in [1.807, 2.05) is 0 Å². The molecule has 0 spiro atoms. The molecule has 1 N–H and O–H groups in total. The third kappa shape index (κ3) is 12.1. The zero-order valence-corrected chi connectivity index (χ0v) is 27.9. The Balaban J connectivity index is 2.49. The molecule has 5 heteroatoms. The monoisotopic (exact) mass is 527 g/mol. The molecule has 35 heavy (non-hydrogen) atoms. The fraction of sp³-hybridized carbons (Fsp3) is 1.00. The number of hydrogen-bond acceptors (Lipinski definition) is 3. The lowest BCUT2D eigenvalue weighted by Gasteiger charge is -2.41. The second-order valence-electron chi connectivity index (χ2n) is 14.5. The lowest BCUT2D eigenvalue weighted by Crippen LogP contribution is -2.50. The highest BCUT2D eigenvalue weighted by molar-refractivity contribution is 6.74. The summed E-state index contributed by atoms with van der Waals surface area (Å²) in [6, 6.07) is 0.910. The van der Waals surface area contributed by atoms with E-state index < -0.39 is 16.6 Å². The largest absolute Gasteiger partial charge is 0.415 e. The van der Waals surface area contributed by atoms with Crippen LogP contribution in [-0.4, -0.2) is 41.4 Å². The van der Waals surface area contributed by atoms with Crippen LogP contribution in [0.1, 0.15) is 132 Å². The van der Waals surface area contributed by atoms with Crippen LogP contribution in [0, 0.1) is 0 Å². The second kappa shape index (κ2) is 15.0. The molecule has 1 aliphatic rings. The summed E-state index contributed by atoms with van der Waals surface area (Å²) >= 11 is 0. The van der Waals surface area contributed by atoms with Crippen LogP contribution in [0.4, 0.5) is 0 Å². The summed E-state index contributed by atoms with van der Waals surface area (Å²) in [7, 11) is -3.57. The Morgan fingerprint density at radius 1 is 0.686 bits per heavy atom. The van der Waals surface area contributed by atoms with Crippen molar-refractivity contribution in [3.05, 3.63) is 0 Å². The molecule has 0 amide bonds. The molecular weight excluding hydrogens is 463 g/mol. The minimum atomic E-state index is -1.80. The maximum atomic E-state index is 6.98. The molecule has 0 aromatic rings. The van der Waals surface area contributed by atoms with Crippen molar-refractivity contribution < 1.29 is 8.85 Å². The van der Waals surface area contributed by atoms with Crippen molar-refractivity contribution in [1.82, 2.24) is 5.32 Å². The molecule has 210 valence electrons. The summed E-state index contributed by atoms with van der Waals surface area (Å²) in [6.07, 6.45) is 18.2. The van der Waals surface area contributed by atoms with Gasteiger partial charge >= 0.3 is 0 Å². The van der Waals surface area contributed by atoms with Gasteiger partial charge in [-0.1, -0.05) is 119 Å². The lowest BCUT2D eigenvalue weighted by atomic mass is 10.0. The predicted molar refractivity (Wildman–Crippen MR) is 162 cm³/mol. The van der Waals surface area contributed by atoms with Gasteiger partial charge in [0.05, 0.1) is 18.8 Å². The summed E-state index contributed by atoms with van der Waals surface area (Å²) in [5.74, 6) is 0. The molecule has 1 aliphatic heterocycles. The highest BCUT2D eigenvalue weighted by Gasteiger charge is 2.45. The van der Waals surface area contributed by atoms with E-state index in [9.17, 15) is 0 Å². The summed E-state index contributed by atoms with van der Waals surface area (Å²) in [4.78, 5) is 0. The third-order valence-corrected chi connectivity index (χ3v) is 18.3. The van der Waals surface area contributed by atoms with E-state index in [1.54, 1.807) is 0 Å². The van der Waals surface area contributed by atoms with Gasteiger partial charge in [-0.2, -0.15) is 0 Å². The van der Waals surface area contributed by atoms with Gasteiger partial charge in [-0.3, -0.25) is 0 Å². The molecule has 1 fully saturated rings. The molecule has 0 radical (unpaired) electrons. The molecule has 0 aromatic heterocycles. The molecule has 0 unspecified atom stereocenters. The van der Waals surface area contributed by atoms with Crippen LogP contribution in [0.2, 0.25) is 36.3 Å². The van der Waals surface area contributed by atoms with E-state index in [1.165, 1.54) is 77.0 Å². The molecule has 1 rings (SSSR count). The number of rotatable bonds is 17. The van der Waals surface area contributed by atoms with Crippen molar-refractivity contribution in [2.45, 2.75) is 186 Å². The van der Waals surface area contributed by atoms with Crippen molar-refractivity contribution in [2.24, 2.45) is 0 Å². The van der Waals surface area contributed by atoms with Crippen LogP contribution >= 0.6 is 0 Å². The Morgan fingerprint density at radius 3 is 1.60 bits per heavy atom. The van der Waals surface area contributed by atoms with E-state index in [2.05, 4.69) is 80.0 Å². The first-order valence-electron chi connectivity index (χ1n) is 15.2. The fourth-order valence-electron chi connectivity index (χ4n) is 4.53. The second-order valence-corrected chi connectivity index (χ2v) is 24.1. The van der Waals surface area contributed by atoms with Crippen molar-refractivity contribution in [3.63, 3.8) is 0 Å². The molecule has 1 heterocycles. The molecule has 3 nitrogen and oxygen atoms in total. The Morgan fingerprint density at radius 2 is 1.14 bits per heavy atom. The predicted octanol–water partition coefficient (Wildman–Crippen LogP) is 9.83. The van der Waals surface area contributed by atoms with Crippen LogP contribution < -0.4 is 5.32 Å². The van der Waals surface area contributed by atoms with Crippen molar-refractivity contribution in [3.8, 4) is 0 Å². The van der Waals surface area contributed by atoms with Crippen molar-refractivity contribution in [2.75, 3.05) is 6.61 Å². The standard InChI is InChI=1S/C30H65NO2Si2/c1-12-13-14-15-16-17-18-19-20-21-22-23-26-24-28(33-35(10,11)30(5,6)7)27(31-26)25-32-34(8,9)29(2,3)4/h26-28,31H,12-25H2,1-11H3/t26-,27-,28+/m0/s1. The molecule has 0 aromatic carbocycles. The summed E-state index contributed by atoms with van der Waals surface area (Å²) in [5, 5.41) is 4.46. The van der Waals surface area contributed by atoms with Crippen molar-refractivity contribution >= 4 is 16.6 Å². The third-order valence-electron chi connectivity index (χ3n) is 9.25. The minimum absolute atomic E-state index is 0.242. The Labute approximate surface area is 223 Å². The summed E-state index contributed by atoms with van der Waals surface area (Å²) in [6.45, 7) is 26.7. The van der Waals surface area contributed by atoms with Crippen LogP contribution in [0.5, 0.6) is 0 Å². The molecule has 0 bridgehead atoms. The topological polar surface area (TPSA) is 30.5 Å². The van der Waals surface area contributed by atoms with E-state index in [4.69, 9.17) is 8.85 Å². The van der Waals surface area contributed by atoms with E-state index in [0.717, 1.165) is 13.0 Å². The highest BCUT2D eigenvalue weighted by atomic mass is 28.4. The first kappa shape index (κ1) is 33.3. The van der Waals surface area contributed by atoms with Gasteiger partial charge in [-0.15, -0.1) is 0 Å². The Hall–Kier alpha value is 0.314. The first-order chi connectivity index (χ1) is 16.1. The van der Waals surface area contributed by atoms with E-state index >= 15 is 0 Å². The summed E-state index contributed by atoms with van der Waals surface area (Å²) < 4.78 is 13.7. The average molecular weight is 528 g/mol. The molecule has 1 saturated heterocycles. The van der Waals surface area contributed by atoms with Gasteiger partial charge in [0, 0.05) is 6.04 Å². The van der Waals surface area contributed by atoms with E-state index in [-0.39, 0.29) is 10.1 Å². The smallest absolute Gasteiger partial charge is 0.192 e. The number of unbranched alkanes of at least 4 members (excludes halogenated alkanes) is 10. The zero-order chi connectivity index (χ0) is 26.8. The lowest BCUT2D eigenvalue weighted by molar-refractivity contribution is 0.130. The highest BCUT2D eigenvalue weighted by Crippen LogP contribution is 2.40. The zero-order valence-electron chi connectivity index (χ0n) is 25.9. The van der Waals surface area contributed by atoms with Crippen LogP contribution in [-0.2, 0) is 8.85 Å². The average Bonchev–Trinajstić information content (AvgIpc) is 3.09. The quantitative estimate of drug-likeness (QED) is 0.151. The molecule has 0 saturated carbocycles. The van der Waals surface area contributed by atoms with Crippen LogP contribution in [0.15, 0.2) is 0 Å². The molecule has 0 aliphatic carbocycles. The maximum absolute atomic E-state index is 6.98. The van der Waals surface area contributed by atoms with Gasteiger partial charge in [-0.05, 0) is 49.1 Å². The summed E-state index contributed by atoms with van der Waals surface area (Å²) in [5.41, 5.74) is 0. The van der Waals surface area contributed by atoms with E-state index in [0.29, 0.717) is 18.2 Å². The van der Waals surface area contributed by atoms with Crippen molar-refractivity contribution in [1.29, 1.82) is 0 Å². The van der Waals surface area contributed by atoms with Crippen LogP contribution in [0.3, 0.4) is 0 Å². The van der Waals surface area contributed by atoms with Crippen LogP contribution in [0.25, 0.3) is 0 Å². The van der Waals surface area contributed by atoms with Gasteiger partial charge in [0.15, 0.2) is 16.6 Å². The Kier molecular flexibility index (Phi) is 14.3. The van der Waals surface area contributed by atoms with Gasteiger partial charge in [0.25, 0.3) is 0 Å². The Bertz CT molecular complexity index is 566. The maximum Gasteiger partial charge on any atom is 0.192 e.